The van der Waals surface area contributed by atoms with E-state index < -0.39 is 0 Å². The molecule has 1 heterocycles. The van der Waals surface area contributed by atoms with E-state index in [1.807, 2.05) is 0 Å². The van der Waals surface area contributed by atoms with E-state index in [1.54, 1.807) is 0 Å². The maximum absolute atomic E-state index is 11.7. The Labute approximate surface area is 105 Å². The lowest BCUT2D eigenvalue weighted by Crippen LogP contribution is -2.48. The maximum Gasteiger partial charge on any atom is 0.222 e. The van der Waals surface area contributed by atoms with Crippen LogP contribution in [-0.4, -0.2) is 19.0 Å². The van der Waals surface area contributed by atoms with Gasteiger partial charge in [-0.15, -0.1) is 0 Å². The highest BCUT2D eigenvalue weighted by Crippen LogP contribution is 2.57. The summed E-state index contributed by atoms with van der Waals surface area (Å²) in [6.45, 7) is 11.0. The standard InChI is InChI=1S/C14H26N2O/c1-12(2)6-13(3,4)8-14(7-12)9-16-5-10(14)11(15)17/h10,16H,5-9H2,1-4H3,(H2,15,17). The summed E-state index contributed by atoms with van der Waals surface area (Å²) in [5.74, 6) is -0.107. The molecule has 0 aromatic rings. The average molecular weight is 238 g/mol. The molecule has 98 valence electrons. The first-order valence-corrected chi connectivity index (χ1v) is 6.66. The minimum atomic E-state index is -0.122. The van der Waals surface area contributed by atoms with Gasteiger partial charge in [0.15, 0.2) is 0 Å². The number of carbonyl (C=O) groups excluding carboxylic acids is 1. The molecule has 2 aliphatic rings. The van der Waals surface area contributed by atoms with Crippen molar-refractivity contribution >= 4 is 5.91 Å². The lowest BCUT2D eigenvalue weighted by Gasteiger charge is -2.52. The van der Waals surface area contributed by atoms with Crippen molar-refractivity contribution in [1.29, 1.82) is 0 Å². The monoisotopic (exact) mass is 238 g/mol. The normalized spacial score (nSPS) is 33.8. The van der Waals surface area contributed by atoms with Crippen molar-refractivity contribution in [1.82, 2.24) is 5.32 Å². The van der Waals surface area contributed by atoms with Gasteiger partial charge in [0.2, 0.25) is 5.91 Å². The molecule has 1 aliphatic heterocycles. The van der Waals surface area contributed by atoms with Gasteiger partial charge in [0, 0.05) is 13.1 Å². The largest absolute Gasteiger partial charge is 0.369 e. The van der Waals surface area contributed by atoms with Crippen molar-refractivity contribution in [3.8, 4) is 0 Å². The molecule has 1 unspecified atom stereocenters. The van der Waals surface area contributed by atoms with Crippen LogP contribution in [0.25, 0.3) is 0 Å². The molecular formula is C14H26N2O. The summed E-state index contributed by atoms with van der Waals surface area (Å²) in [7, 11) is 0. The van der Waals surface area contributed by atoms with E-state index in [4.69, 9.17) is 5.73 Å². The van der Waals surface area contributed by atoms with Crippen molar-refractivity contribution in [3.63, 3.8) is 0 Å². The molecule has 3 heteroatoms. The molecule has 1 atom stereocenters. The summed E-state index contributed by atoms with van der Waals surface area (Å²) >= 11 is 0. The SMILES string of the molecule is CC1(C)CC(C)(C)CC2(CNCC2C(N)=O)C1. The zero-order chi connectivity index (χ0) is 12.9. The molecule has 1 spiro atoms. The Morgan fingerprint density at radius 2 is 1.65 bits per heavy atom. The van der Waals surface area contributed by atoms with E-state index in [0.29, 0.717) is 10.8 Å². The zero-order valence-corrected chi connectivity index (χ0v) is 11.6. The fraction of sp³-hybridized carbons (Fsp3) is 0.929. The fourth-order valence-corrected chi connectivity index (χ4v) is 4.97. The number of nitrogens with one attached hydrogen (secondary N) is 1. The Bertz CT molecular complexity index is 317. The third kappa shape index (κ3) is 2.35. The number of primary amides is 1. The Hall–Kier alpha value is -0.570. The van der Waals surface area contributed by atoms with Crippen LogP contribution >= 0.6 is 0 Å². The minimum absolute atomic E-state index is 0.0151. The predicted octanol–water partition coefficient (Wildman–Crippen LogP) is 1.91. The first kappa shape index (κ1) is 12.9. The van der Waals surface area contributed by atoms with Gasteiger partial charge in [-0.25, -0.2) is 0 Å². The molecule has 0 aromatic carbocycles. The number of hydrogen-bond acceptors (Lipinski definition) is 2. The molecule has 0 aromatic heterocycles. The number of carbonyl (C=O) groups is 1. The minimum Gasteiger partial charge on any atom is -0.369 e. The Morgan fingerprint density at radius 1 is 1.12 bits per heavy atom. The molecule has 2 fully saturated rings. The topological polar surface area (TPSA) is 55.1 Å². The van der Waals surface area contributed by atoms with Crippen molar-refractivity contribution in [2.24, 2.45) is 27.9 Å². The lowest BCUT2D eigenvalue weighted by molar-refractivity contribution is -0.127. The van der Waals surface area contributed by atoms with Crippen LogP contribution in [0.1, 0.15) is 47.0 Å². The number of hydrogen-bond donors (Lipinski definition) is 2. The van der Waals surface area contributed by atoms with E-state index in [9.17, 15) is 4.79 Å². The van der Waals surface area contributed by atoms with Crippen LogP contribution in [0.3, 0.4) is 0 Å². The lowest BCUT2D eigenvalue weighted by atomic mass is 9.52. The highest BCUT2D eigenvalue weighted by atomic mass is 16.1. The van der Waals surface area contributed by atoms with Gasteiger partial charge in [-0.1, -0.05) is 27.7 Å². The van der Waals surface area contributed by atoms with E-state index in [0.717, 1.165) is 25.9 Å². The summed E-state index contributed by atoms with van der Waals surface area (Å²) in [4.78, 5) is 11.7. The summed E-state index contributed by atoms with van der Waals surface area (Å²) in [5.41, 5.74) is 6.31. The van der Waals surface area contributed by atoms with Gasteiger partial charge < -0.3 is 11.1 Å². The molecule has 1 amide bonds. The van der Waals surface area contributed by atoms with Crippen molar-refractivity contribution in [2.45, 2.75) is 47.0 Å². The van der Waals surface area contributed by atoms with Gasteiger partial charge in [0.1, 0.15) is 0 Å². The Morgan fingerprint density at radius 3 is 2.12 bits per heavy atom. The third-order valence-electron chi connectivity index (χ3n) is 4.53. The van der Waals surface area contributed by atoms with Gasteiger partial charge in [0.25, 0.3) is 0 Å². The van der Waals surface area contributed by atoms with Crippen LogP contribution < -0.4 is 11.1 Å². The second-order valence-corrected chi connectivity index (χ2v) is 7.81. The van der Waals surface area contributed by atoms with Gasteiger partial charge in [-0.2, -0.15) is 0 Å². The molecule has 3 N–H and O–H groups in total. The van der Waals surface area contributed by atoms with Gasteiger partial charge in [-0.3, -0.25) is 4.79 Å². The third-order valence-corrected chi connectivity index (χ3v) is 4.53. The van der Waals surface area contributed by atoms with E-state index in [-0.39, 0.29) is 17.2 Å². The van der Waals surface area contributed by atoms with E-state index in [2.05, 4.69) is 33.0 Å². The quantitative estimate of drug-likeness (QED) is 0.733. The summed E-state index contributed by atoms with van der Waals surface area (Å²) in [6.07, 6.45) is 3.46. The first-order chi connectivity index (χ1) is 7.66. The molecule has 1 saturated heterocycles. The molecule has 3 nitrogen and oxygen atoms in total. The molecule has 0 radical (unpaired) electrons. The van der Waals surface area contributed by atoms with Crippen molar-refractivity contribution in [2.75, 3.05) is 13.1 Å². The first-order valence-electron chi connectivity index (χ1n) is 6.66. The van der Waals surface area contributed by atoms with E-state index >= 15 is 0 Å². The van der Waals surface area contributed by atoms with Crippen LogP contribution in [0.2, 0.25) is 0 Å². The van der Waals surface area contributed by atoms with Gasteiger partial charge in [-0.05, 0) is 35.5 Å². The maximum atomic E-state index is 11.7. The summed E-state index contributed by atoms with van der Waals surface area (Å²) < 4.78 is 0. The number of nitrogens with two attached hydrogens (primary N) is 1. The fourth-order valence-electron chi connectivity index (χ4n) is 4.97. The van der Waals surface area contributed by atoms with Crippen LogP contribution in [0.15, 0.2) is 0 Å². The second kappa shape index (κ2) is 3.71. The summed E-state index contributed by atoms with van der Waals surface area (Å²) in [5, 5.41) is 3.39. The smallest absolute Gasteiger partial charge is 0.222 e. The van der Waals surface area contributed by atoms with Crippen molar-refractivity contribution in [3.05, 3.63) is 0 Å². The molecule has 17 heavy (non-hydrogen) atoms. The molecule has 2 rings (SSSR count). The molecule has 1 aliphatic carbocycles. The molecule has 0 bridgehead atoms. The van der Waals surface area contributed by atoms with E-state index in [1.165, 1.54) is 6.42 Å². The van der Waals surface area contributed by atoms with Crippen LogP contribution in [0.4, 0.5) is 0 Å². The Kier molecular flexibility index (Phi) is 2.81. The van der Waals surface area contributed by atoms with Crippen LogP contribution in [0.5, 0.6) is 0 Å². The number of amides is 1. The van der Waals surface area contributed by atoms with Crippen LogP contribution in [0, 0.1) is 22.2 Å². The molecular weight excluding hydrogens is 212 g/mol. The van der Waals surface area contributed by atoms with Crippen LogP contribution in [-0.2, 0) is 4.79 Å². The van der Waals surface area contributed by atoms with Gasteiger partial charge in [0.05, 0.1) is 5.92 Å². The second-order valence-electron chi connectivity index (χ2n) is 7.81. The summed E-state index contributed by atoms with van der Waals surface area (Å²) in [6, 6.07) is 0. The highest BCUT2D eigenvalue weighted by Gasteiger charge is 2.54. The number of rotatable bonds is 1. The van der Waals surface area contributed by atoms with Gasteiger partial charge >= 0.3 is 0 Å². The predicted molar refractivity (Wildman–Crippen MR) is 69.4 cm³/mol. The average Bonchev–Trinajstić information content (AvgIpc) is 2.40. The molecule has 1 saturated carbocycles. The highest BCUT2D eigenvalue weighted by molar-refractivity contribution is 5.78. The Balaban J connectivity index is 2.33. The van der Waals surface area contributed by atoms with Crippen molar-refractivity contribution < 1.29 is 4.79 Å². The zero-order valence-electron chi connectivity index (χ0n) is 11.6.